The third-order valence-corrected chi connectivity index (χ3v) is 4.58. The molecule has 0 saturated carbocycles. The molecule has 0 amide bonds. The fourth-order valence-corrected chi connectivity index (χ4v) is 3.60. The van der Waals surface area contributed by atoms with Crippen LogP contribution in [0.1, 0.15) is 17.7 Å². The van der Waals surface area contributed by atoms with Crippen molar-refractivity contribution < 1.29 is 0 Å². The van der Waals surface area contributed by atoms with E-state index in [-0.39, 0.29) is 0 Å². The van der Waals surface area contributed by atoms with Crippen LogP contribution in [0.4, 0.5) is 0 Å². The van der Waals surface area contributed by atoms with Gasteiger partial charge < -0.3 is 0 Å². The number of benzene rings is 2. The van der Waals surface area contributed by atoms with Crippen LogP contribution < -0.4 is 0 Å². The first-order chi connectivity index (χ1) is 10.9. The van der Waals surface area contributed by atoms with Gasteiger partial charge in [0.15, 0.2) is 0 Å². The predicted molar refractivity (Wildman–Crippen MR) is 88.4 cm³/mol. The number of rotatable bonds is 1. The van der Waals surface area contributed by atoms with Crippen molar-refractivity contribution in [3.8, 4) is 5.69 Å². The number of para-hydroxylation sites is 3. The van der Waals surface area contributed by atoms with Crippen LogP contribution in [0.5, 0.6) is 0 Å². The Hall–Kier alpha value is -2.68. The van der Waals surface area contributed by atoms with Crippen molar-refractivity contribution >= 4 is 21.9 Å². The number of hydrogen-bond donors (Lipinski definition) is 0. The molecule has 3 nitrogen and oxygen atoms in total. The second kappa shape index (κ2) is 4.41. The number of aromatic nitrogens is 3. The molecule has 0 aliphatic heterocycles. The Bertz CT molecular complexity index is 1010. The first-order valence-corrected chi connectivity index (χ1v) is 7.75. The summed E-state index contributed by atoms with van der Waals surface area (Å²) < 4.78 is 2.24. The summed E-state index contributed by atoms with van der Waals surface area (Å²) in [7, 11) is 0. The largest absolute Gasteiger partial charge is 0.298 e. The normalized spacial score (nSPS) is 13.8. The van der Waals surface area contributed by atoms with E-state index in [0.29, 0.717) is 0 Å². The molecule has 106 valence electrons. The van der Waals surface area contributed by atoms with Gasteiger partial charge >= 0.3 is 0 Å². The summed E-state index contributed by atoms with van der Waals surface area (Å²) in [6, 6.07) is 16.7. The van der Waals surface area contributed by atoms with E-state index in [0.717, 1.165) is 29.4 Å². The zero-order chi connectivity index (χ0) is 14.5. The van der Waals surface area contributed by atoms with E-state index >= 15 is 0 Å². The Kier molecular flexibility index (Phi) is 2.39. The first-order valence-electron chi connectivity index (χ1n) is 7.75. The number of pyridine rings is 1. The molecule has 1 aliphatic rings. The average molecular weight is 285 g/mol. The monoisotopic (exact) mass is 285 g/mol. The molecular formula is C19H15N3. The van der Waals surface area contributed by atoms with Crippen LogP contribution in [0.15, 0.2) is 54.9 Å². The van der Waals surface area contributed by atoms with Crippen LogP contribution in [0.2, 0.25) is 0 Å². The molecule has 0 atom stereocenters. The lowest BCUT2D eigenvalue weighted by Crippen LogP contribution is -2.02. The number of fused-ring (bicyclic) bond motifs is 3. The summed E-state index contributed by atoms with van der Waals surface area (Å²) in [5.41, 5.74) is 7.19. The molecule has 5 rings (SSSR count). The minimum atomic E-state index is 1.04. The number of nitrogens with zero attached hydrogens (tertiary/aromatic N) is 3. The molecule has 1 aliphatic carbocycles. The maximum absolute atomic E-state index is 4.87. The van der Waals surface area contributed by atoms with E-state index in [9.17, 15) is 0 Å². The van der Waals surface area contributed by atoms with Gasteiger partial charge in [0.25, 0.3) is 0 Å². The molecule has 2 aromatic heterocycles. The third kappa shape index (κ3) is 1.56. The lowest BCUT2D eigenvalue weighted by molar-refractivity contribution is 0.898. The fraction of sp³-hybridized carbons (Fsp3) is 0.158. The minimum Gasteiger partial charge on any atom is -0.298 e. The van der Waals surface area contributed by atoms with E-state index in [1.54, 1.807) is 0 Å². The Morgan fingerprint density at radius 1 is 0.864 bits per heavy atom. The zero-order valence-corrected chi connectivity index (χ0v) is 12.2. The van der Waals surface area contributed by atoms with E-state index < -0.39 is 0 Å². The van der Waals surface area contributed by atoms with Crippen molar-refractivity contribution in [1.29, 1.82) is 0 Å². The smallest absolute Gasteiger partial charge is 0.100 e. The molecule has 3 heteroatoms. The van der Waals surface area contributed by atoms with E-state index in [1.807, 2.05) is 12.4 Å². The maximum Gasteiger partial charge on any atom is 0.100 e. The van der Waals surface area contributed by atoms with E-state index in [2.05, 4.69) is 52.0 Å². The predicted octanol–water partition coefficient (Wildman–Crippen LogP) is 4.06. The average Bonchev–Trinajstić information content (AvgIpc) is 3.19. The highest BCUT2D eigenvalue weighted by Gasteiger charge is 2.21. The van der Waals surface area contributed by atoms with E-state index in [1.165, 1.54) is 28.8 Å². The molecule has 0 unspecified atom stereocenters. The van der Waals surface area contributed by atoms with Crippen molar-refractivity contribution in [3.63, 3.8) is 0 Å². The minimum absolute atomic E-state index is 1.04. The van der Waals surface area contributed by atoms with Crippen molar-refractivity contribution in [2.24, 2.45) is 0 Å². The molecular weight excluding hydrogens is 270 g/mol. The quantitative estimate of drug-likeness (QED) is 0.528. The molecule has 0 bridgehead atoms. The van der Waals surface area contributed by atoms with Gasteiger partial charge in [-0.25, -0.2) is 4.98 Å². The summed E-state index contributed by atoms with van der Waals surface area (Å²) in [5, 5.41) is 1.21. The molecule has 0 saturated heterocycles. The van der Waals surface area contributed by atoms with Gasteiger partial charge in [0, 0.05) is 11.1 Å². The van der Waals surface area contributed by atoms with Gasteiger partial charge in [-0.05, 0) is 43.0 Å². The summed E-state index contributed by atoms with van der Waals surface area (Å²) in [5.74, 6) is 0. The van der Waals surface area contributed by atoms with Crippen molar-refractivity contribution in [2.75, 3.05) is 0 Å². The summed E-state index contributed by atoms with van der Waals surface area (Å²) >= 11 is 0. The van der Waals surface area contributed by atoms with Gasteiger partial charge in [-0.2, -0.15) is 0 Å². The third-order valence-electron chi connectivity index (χ3n) is 4.58. The number of imidazole rings is 1. The maximum atomic E-state index is 4.87. The molecule has 2 aromatic carbocycles. The van der Waals surface area contributed by atoms with Crippen LogP contribution in [0, 0.1) is 0 Å². The lowest BCUT2D eigenvalue weighted by atomic mass is 10.1. The SMILES string of the molecule is c1ccc2c(-n3cnc4ccccc43)c3c(nc2c1)CCC3. The first kappa shape index (κ1) is 11.9. The Morgan fingerprint density at radius 2 is 1.68 bits per heavy atom. The molecule has 22 heavy (non-hydrogen) atoms. The molecule has 0 spiro atoms. The van der Waals surface area contributed by atoms with Crippen LogP contribution in [-0.4, -0.2) is 14.5 Å². The van der Waals surface area contributed by atoms with E-state index in [4.69, 9.17) is 4.98 Å². The molecule has 0 fully saturated rings. The highest BCUT2D eigenvalue weighted by Crippen LogP contribution is 2.34. The number of aryl methyl sites for hydroxylation is 1. The molecule has 2 heterocycles. The van der Waals surface area contributed by atoms with Gasteiger partial charge in [-0.1, -0.05) is 30.3 Å². The standard InChI is InChI=1S/C19H15N3/c1-2-8-15-13(6-1)19(14-7-5-10-16(14)21-15)22-12-20-17-9-3-4-11-18(17)22/h1-4,6,8-9,11-12H,5,7,10H2. The zero-order valence-electron chi connectivity index (χ0n) is 12.2. The molecule has 0 radical (unpaired) electrons. The Balaban J connectivity index is 1.95. The van der Waals surface area contributed by atoms with Crippen LogP contribution in [-0.2, 0) is 12.8 Å². The fourth-order valence-electron chi connectivity index (χ4n) is 3.60. The van der Waals surface area contributed by atoms with Crippen LogP contribution in [0.25, 0.3) is 27.6 Å². The lowest BCUT2D eigenvalue weighted by Gasteiger charge is -2.14. The van der Waals surface area contributed by atoms with Crippen molar-refractivity contribution in [2.45, 2.75) is 19.3 Å². The van der Waals surface area contributed by atoms with Crippen LogP contribution in [0.3, 0.4) is 0 Å². The van der Waals surface area contributed by atoms with Gasteiger partial charge in [0.05, 0.1) is 22.2 Å². The Labute approximate surface area is 128 Å². The molecule has 4 aromatic rings. The van der Waals surface area contributed by atoms with Gasteiger partial charge in [0.1, 0.15) is 6.33 Å². The van der Waals surface area contributed by atoms with Crippen LogP contribution >= 0.6 is 0 Å². The highest BCUT2D eigenvalue weighted by atomic mass is 15.1. The topological polar surface area (TPSA) is 30.7 Å². The van der Waals surface area contributed by atoms with Gasteiger partial charge in [-0.15, -0.1) is 0 Å². The summed E-state index contributed by atoms with van der Waals surface area (Å²) in [6.45, 7) is 0. The van der Waals surface area contributed by atoms with Crippen molar-refractivity contribution in [3.05, 3.63) is 66.1 Å². The van der Waals surface area contributed by atoms with Gasteiger partial charge in [-0.3, -0.25) is 9.55 Å². The molecule has 0 N–H and O–H groups in total. The van der Waals surface area contributed by atoms with Gasteiger partial charge in [0.2, 0.25) is 0 Å². The second-order valence-corrected chi connectivity index (χ2v) is 5.86. The summed E-state index contributed by atoms with van der Waals surface area (Å²) in [6.07, 6.45) is 5.33. The number of hydrogen-bond acceptors (Lipinski definition) is 2. The second-order valence-electron chi connectivity index (χ2n) is 5.86. The Morgan fingerprint density at radius 3 is 2.64 bits per heavy atom. The van der Waals surface area contributed by atoms with Crippen molar-refractivity contribution in [1.82, 2.24) is 14.5 Å². The summed E-state index contributed by atoms with van der Waals surface area (Å²) in [4.78, 5) is 9.44. The highest BCUT2D eigenvalue weighted by molar-refractivity contribution is 5.92.